The maximum Gasteiger partial charge on any atom is 0.279 e. The number of nitrogens with one attached hydrogen (secondary N) is 1. The zero-order chi connectivity index (χ0) is 16.3. The molecule has 1 heterocycles. The lowest BCUT2D eigenvalue weighted by Crippen LogP contribution is -2.39. The largest absolute Gasteiger partial charge is 0.367 e. The molecule has 0 saturated carbocycles. The molecule has 1 aromatic carbocycles. The second kappa shape index (κ2) is 7.38. The van der Waals surface area contributed by atoms with E-state index in [4.69, 9.17) is 39.6 Å². The number of benzene rings is 1. The summed E-state index contributed by atoms with van der Waals surface area (Å²) in [6.07, 6.45) is 3.74. The molecular formula is C15H15Cl3N2O2. The summed E-state index contributed by atoms with van der Waals surface area (Å²) < 4.78 is 0. The van der Waals surface area contributed by atoms with Crippen LogP contribution in [0.4, 0.5) is 0 Å². The van der Waals surface area contributed by atoms with Crippen molar-refractivity contribution in [3.8, 4) is 0 Å². The molecule has 4 nitrogen and oxygen atoms in total. The molecule has 7 heteroatoms. The molecule has 1 aromatic heterocycles. The van der Waals surface area contributed by atoms with Crippen LogP contribution in [0.1, 0.15) is 22.8 Å². The first-order valence-corrected chi connectivity index (χ1v) is 7.71. The first kappa shape index (κ1) is 17.2. The van der Waals surface area contributed by atoms with Gasteiger partial charge in [-0.3, -0.25) is 9.63 Å². The summed E-state index contributed by atoms with van der Waals surface area (Å²) in [5, 5.41) is 2.70. The molecule has 0 radical (unpaired) electrons. The predicted octanol–water partition coefficient (Wildman–Crippen LogP) is 4.61. The number of hydrogen-bond donors (Lipinski definition) is 1. The number of hydrogen-bond acceptors (Lipinski definition) is 2. The highest BCUT2D eigenvalue weighted by molar-refractivity contribution is 6.39. The fourth-order valence-corrected chi connectivity index (χ4v) is 3.16. The molecule has 2 rings (SSSR count). The summed E-state index contributed by atoms with van der Waals surface area (Å²) in [6, 6.07) is 4.68. The molecular weight excluding hydrogens is 347 g/mol. The molecule has 1 atom stereocenters. The Morgan fingerprint density at radius 3 is 2.45 bits per heavy atom. The second-order valence-electron chi connectivity index (χ2n) is 4.81. The Morgan fingerprint density at radius 2 is 1.95 bits per heavy atom. The molecule has 0 spiro atoms. The first-order chi connectivity index (χ1) is 10.4. The van der Waals surface area contributed by atoms with Crippen molar-refractivity contribution in [1.82, 2.24) is 10.0 Å². The molecule has 0 aliphatic rings. The Morgan fingerprint density at radius 1 is 1.32 bits per heavy atom. The molecule has 1 amide bonds. The Hall–Kier alpha value is -1.20. The topological polar surface area (TPSA) is 45.3 Å². The standard InChI is InChI=1S/C15H15Cl3N2O2/c1-9(5-12-13(17)6-11(16)7-14(12)18)20(22-2)15(21)10-3-4-19-8-10/h3-4,6-9,19H,5H2,1-2H3. The second-order valence-corrected chi connectivity index (χ2v) is 6.07. The lowest BCUT2D eigenvalue weighted by atomic mass is 10.1. The number of rotatable bonds is 5. The van der Waals surface area contributed by atoms with E-state index in [1.807, 2.05) is 6.92 Å². The number of halogens is 3. The Labute approximate surface area is 143 Å². The number of hydroxylamine groups is 2. The highest BCUT2D eigenvalue weighted by atomic mass is 35.5. The van der Waals surface area contributed by atoms with Crippen LogP contribution in [0.25, 0.3) is 0 Å². The van der Waals surface area contributed by atoms with Crippen LogP contribution in [-0.4, -0.2) is 29.1 Å². The van der Waals surface area contributed by atoms with Crippen LogP contribution in [-0.2, 0) is 11.3 Å². The highest BCUT2D eigenvalue weighted by Gasteiger charge is 2.24. The van der Waals surface area contributed by atoms with Crippen molar-refractivity contribution >= 4 is 40.7 Å². The molecule has 0 aliphatic heterocycles. The lowest BCUT2D eigenvalue weighted by Gasteiger charge is -2.27. The third kappa shape index (κ3) is 3.76. The Bertz CT molecular complexity index is 636. The molecule has 1 N–H and O–H groups in total. The molecule has 0 aliphatic carbocycles. The average Bonchev–Trinajstić information content (AvgIpc) is 2.97. The minimum Gasteiger partial charge on any atom is -0.367 e. The first-order valence-electron chi connectivity index (χ1n) is 6.58. The van der Waals surface area contributed by atoms with Crippen molar-refractivity contribution in [2.45, 2.75) is 19.4 Å². The number of aromatic nitrogens is 1. The van der Waals surface area contributed by atoms with Crippen molar-refractivity contribution in [1.29, 1.82) is 0 Å². The van der Waals surface area contributed by atoms with E-state index in [-0.39, 0.29) is 11.9 Å². The number of nitrogens with zero attached hydrogens (tertiary/aromatic N) is 1. The van der Waals surface area contributed by atoms with Crippen LogP contribution in [0.2, 0.25) is 15.1 Å². The fourth-order valence-electron chi connectivity index (χ4n) is 2.19. The predicted molar refractivity (Wildman–Crippen MR) is 88.6 cm³/mol. The summed E-state index contributed by atoms with van der Waals surface area (Å²) in [4.78, 5) is 20.5. The molecule has 1 unspecified atom stereocenters. The van der Waals surface area contributed by atoms with Gasteiger partial charge in [0.05, 0.1) is 18.7 Å². The molecule has 0 fully saturated rings. The van der Waals surface area contributed by atoms with Gasteiger partial charge in [0.1, 0.15) is 0 Å². The molecule has 22 heavy (non-hydrogen) atoms. The van der Waals surface area contributed by atoms with Crippen LogP contribution in [0, 0.1) is 0 Å². The SMILES string of the molecule is CON(C(=O)c1cc[nH]c1)C(C)Cc1c(Cl)cc(Cl)cc1Cl. The van der Waals surface area contributed by atoms with Crippen molar-refractivity contribution in [2.75, 3.05) is 7.11 Å². The summed E-state index contributed by atoms with van der Waals surface area (Å²) in [5.74, 6) is -0.238. The van der Waals surface area contributed by atoms with Crippen molar-refractivity contribution in [2.24, 2.45) is 0 Å². The number of amides is 1. The number of carbonyl (C=O) groups is 1. The van der Waals surface area contributed by atoms with E-state index in [1.54, 1.807) is 30.6 Å². The smallest absolute Gasteiger partial charge is 0.279 e. The van der Waals surface area contributed by atoms with Crippen molar-refractivity contribution < 1.29 is 9.63 Å². The number of H-pyrrole nitrogens is 1. The van der Waals surface area contributed by atoms with Gasteiger partial charge in [0.15, 0.2) is 0 Å². The average molecular weight is 362 g/mol. The van der Waals surface area contributed by atoms with Gasteiger partial charge in [0, 0.05) is 27.5 Å². The zero-order valence-electron chi connectivity index (χ0n) is 12.1. The summed E-state index contributed by atoms with van der Waals surface area (Å²) in [5.41, 5.74) is 1.24. The maximum absolute atomic E-state index is 12.4. The maximum atomic E-state index is 12.4. The van der Waals surface area contributed by atoms with Gasteiger partial charge in [-0.15, -0.1) is 0 Å². The minimum atomic E-state index is -0.261. The van der Waals surface area contributed by atoms with Crippen LogP contribution in [0.5, 0.6) is 0 Å². The van der Waals surface area contributed by atoms with E-state index in [0.29, 0.717) is 27.1 Å². The van der Waals surface area contributed by atoms with Crippen molar-refractivity contribution in [3.05, 3.63) is 56.8 Å². The van der Waals surface area contributed by atoms with Crippen LogP contribution in [0.3, 0.4) is 0 Å². The molecule has 0 saturated heterocycles. The van der Waals surface area contributed by atoms with E-state index in [2.05, 4.69) is 4.98 Å². The van der Waals surface area contributed by atoms with Crippen molar-refractivity contribution in [3.63, 3.8) is 0 Å². The summed E-state index contributed by atoms with van der Waals surface area (Å²) >= 11 is 18.3. The Balaban J connectivity index is 2.20. The van der Waals surface area contributed by atoms with E-state index in [0.717, 1.165) is 5.56 Å². The van der Waals surface area contributed by atoms with E-state index in [9.17, 15) is 4.79 Å². The third-order valence-electron chi connectivity index (χ3n) is 3.25. The van der Waals surface area contributed by atoms with E-state index >= 15 is 0 Å². The highest BCUT2D eigenvalue weighted by Crippen LogP contribution is 2.30. The quantitative estimate of drug-likeness (QED) is 0.790. The number of carbonyl (C=O) groups excluding carboxylic acids is 1. The minimum absolute atomic E-state index is 0.238. The van der Waals surface area contributed by atoms with Gasteiger partial charge in [-0.2, -0.15) is 0 Å². The van der Waals surface area contributed by atoms with Crippen LogP contribution in [0.15, 0.2) is 30.6 Å². The van der Waals surface area contributed by atoms with Gasteiger partial charge < -0.3 is 4.98 Å². The molecule has 118 valence electrons. The summed E-state index contributed by atoms with van der Waals surface area (Å²) in [6.45, 7) is 1.86. The van der Waals surface area contributed by atoms with Gasteiger partial charge in [-0.25, -0.2) is 5.06 Å². The molecule has 2 aromatic rings. The van der Waals surface area contributed by atoms with Crippen LogP contribution >= 0.6 is 34.8 Å². The van der Waals surface area contributed by atoms with Gasteiger partial charge in [-0.05, 0) is 37.1 Å². The van der Waals surface area contributed by atoms with E-state index in [1.165, 1.54) is 12.2 Å². The van der Waals surface area contributed by atoms with Gasteiger partial charge in [0.25, 0.3) is 5.91 Å². The summed E-state index contributed by atoms with van der Waals surface area (Å²) in [7, 11) is 1.45. The van der Waals surface area contributed by atoms with Crippen LogP contribution < -0.4 is 0 Å². The lowest BCUT2D eigenvalue weighted by molar-refractivity contribution is -0.119. The normalized spacial score (nSPS) is 12.2. The van der Waals surface area contributed by atoms with E-state index < -0.39 is 0 Å². The third-order valence-corrected chi connectivity index (χ3v) is 4.14. The number of aromatic amines is 1. The van der Waals surface area contributed by atoms with Gasteiger partial charge in [0.2, 0.25) is 0 Å². The van der Waals surface area contributed by atoms with Gasteiger partial charge in [-0.1, -0.05) is 34.8 Å². The zero-order valence-corrected chi connectivity index (χ0v) is 14.3. The monoisotopic (exact) mass is 360 g/mol. The van der Waals surface area contributed by atoms with Gasteiger partial charge >= 0.3 is 0 Å². The fraction of sp³-hybridized carbons (Fsp3) is 0.267. The molecule has 0 bridgehead atoms. The Kier molecular flexibility index (Phi) is 5.75.